The summed E-state index contributed by atoms with van der Waals surface area (Å²) in [5.41, 5.74) is 28.8. The Morgan fingerprint density at radius 2 is 0.404 bits per heavy atom. The second-order valence-electron chi connectivity index (χ2n) is 30.0. The molecule has 0 fully saturated rings. The maximum atomic E-state index is 7.70. The Kier molecular flexibility index (Phi) is 34.5. The van der Waals surface area contributed by atoms with E-state index < -0.39 is 34.3 Å². The number of hydrogen-bond acceptors (Lipinski definition) is 12. The molecule has 0 amide bonds. The van der Waals surface area contributed by atoms with Gasteiger partial charge in [-0.2, -0.15) is 0 Å². The first kappa shape index (κ1) is 85.1. The van der Waals surface area contributed by atoms with Crippen molar-refractivity contribution in [2.45, 2.75) is 82.7 Å². The molecule has 0 aliphatic heterocycles. The van der Waals surface area contributed by atoms with E-state index in [9.17, 15) is 0 Å². The molecule has 684 valence electrons. The average Bonchev–Trinajstić information content (AvgIpc) is 0.786. The van der Waals surface area contributed by atoms with Crippen LogP contribution in [0.15, 0.2) is 390 Å². The summed E-state index contributed by atoms with van der Waals surface area (Å²) in [7, 11) is 0. The third-order valence-corrected chi connectivity index (χ3v) is 20.1. The van der Waals surface area contributed by atoms with Crippen molar-refractivity contribution >= 4 is 0 Å². The standard InChI is InChI=1S/4C17H13N2.4C13H12N.4Ir/c2*1-13-12-19-17(14-7-3-2-4-8-14)11-15(13)16-9-5-6-10-18-16;2*1-13-7-8-16(19-12-13)15-9-10-18-17(11-15)14-5-3-2-4-6-14;4*1-10-8-13(14-9-11(10)2)12-6-4-3-5-7-12;;;;/h2*2-7,9-12H,1H3;2*2-5,7-12H,1H3;4*3-6,8-9H,1-2H3;;;;/q8*-1;;;;/i1D3;;;;4*2D3;;;;. The third-order valence-electron chi connectivity index (χ3n) is 20.1. The zero-order valence-corrected chi connectivity index (χ0v) is 84.7. The molecule has 4 radical (unpaired) electrons. The van der Waals surface area contributed by atoms with Crippen molar-refractivity contribution in [3.05, 3.63) is 505 Å². The first-order valence-corrected chi connectivity index (χ1v) is 42.2. The van der Waals surface area contributed by atoms with Crippen molar-refractivity contribution in [2.75, 3.05) is 0 Å². The van der Waals surface area contributed by atoms with Crippen LogP contribution in [0.25, 0.3) is 135 Å². The Bertz CT molecular complexity index is 7090. The normalized spacial score (nSPS) is 12.1. The van der Waals surface area contributed by atoms with Gasteiger partial charge in [0.15, 0.2) is 0 Å². The molecule has 136 heavy (non-hydrogen) atoms. The molecule has 20 aromatic rings. The predicted molar refractivity (Wildman–Crippen MR) is 538 cm³/mol. The van der Waals surface area contributed by atoms with E-state index in [1.807, 2.05) is 300 Å². The molecule has 12 nitrogen and oxygen atoms in total. The summed E-state index contributed by atoms with van der Waals surface area (Å²) in [5.74, 6) is 0. The number of aromatic nitrogens is 12. The fraction of sp³-hybridized carbons (Fsp3) is 0.100. The van der Waals surface area contributed by atoms with Crippen LogP contribution in [0.4, 0.5) is 0 Å². The van der Waals surface area contributed by atoms with Crippen molar-refractivity contribution < 1.29 is 101 Å². The van der Waals surface area contributed by atoms with Gasteiger partial charge in [0.2, 0.25) is 0 Å². The molecule has 0 aliphatic rings. The smallest absolute Gasteiger partial charge is 0.0697 e. The van der Waals surface area contributed by atoms with E-state index in [1.54, 1.807) is 82.4 Å². The summed E-state index contributed by atoms with van der Waals surface area (Å²) in [6.45, 7) is 2.63. The van der Waals surface area contributed by atoms with Crippen LogP contribution < -0.4 is 0 Å². The van der Waals surface area contributed by atoms with Crippen LogP contribution in [-0.4, -0.2) is 59.8 Å². The van der Waals surface area contributed by atoms with Crippen LogP contribution in [0.1, 0.15) is 87.3 Å². The predicted octanol–water partition coefficient (Wildman–Crippen LogP) is 28.3. The van der Waals surface area contributed by atoms with Crippen molar-refractivity contribution in [1.82, 2.24) is 59.8 Å². The maximum Gasteiger partial charge on any atom is 0.0697 e. The van der Waals surface area contributed by atoms with Gasteiger partial charge in [-0.25, -0.2) is 0 Å². The Balaban J connectivity index is 0.000000191. The van der Waals surface area contributed by atoms with Gasteiger partial charge in [-0.3, -0.25) is 19.9 Å². The molecule has 8 aromatic carbocycles. The Morgan fingerprint density at radius 3 is 0.632 bits per heavy atom. The number of nitrogens with zero attached hydrogens (tertiary/aromatic N) is 12. The van der Waals surface area contributed by atoms with E-state index in [4.69, 9.17) is 20.6 Å². The Labute approximate surface area is 877 Å². The number of hydrogen-bond donors (Lipinski definition) is 0. The van der Waals surface area contributed by atoms with Crippen LogP contribution in [0.2, 0.25) is 0 Å². The summed E-state index contributed by atoms with van der Waals surface area (Å²) in [5, 5.41) is 0. The first-order valence-electron chi connectivity index (χ1n) is 49.7. The minimum Gasteiger partial charge on any atom is -0.305 e. The minimum atomic E-state index is -2.24. The van der Waals surface area contributed by atoms with Crippen molar-refractivity contribution in [3.63, 3.8) is 0 Å². The molecule has 12 aromatic heterocycles. The third kappa shape index (κ3) is 31.7. The van der Waals surface area contributed by atoms with Gasteiger partial charge in [-0.05, 0) is 244 Å². The molecule has 0 saturated carbocycles. The van der Waals surface area contributed by atoms with Crippen molar-refractivity contribution in [2.24, 2.45) is 0 Å². The van der Waals surface area contributed by atoms with E-state index in [2.05, 4.69) is 133 Å². The van der Waals surface area contributed by atoms with Crippen LogP contribution in [-0.2, 0) is 80.4 Å². The number of rotatable bonds is 12. The zero-order chi connectivity index (χ0) is 105. The molecule has 12 heterocycles. The molecule has 0 N–H and O–H groups in total. The van der Waals surface area contributed by atoms with Crippen molar-refractivity contribution in [3.8, 4) is 135 Å². The second kappa shape index (κ2) is 55.1. The van der Waals surface area contributed by atoms with Gasteiger partial charge in [0.05, 0.1) is 22.8 Å². The molecule has 0 spiro atoms. The largest absolute Gasteiger partial charge is 0.305 e. The molecule has 0 bridgehead atoms. The fourth-order valence-electron chi connectivity index (χ4n) is 12.8. The number of benzene rings is 8. The Morgan fingerprint density at radius 1 is 0.176 bits per heavy atom. The van der Waals surface area contributed by atoms with E-state index in [0.717, 1.165) is 157 Å². The SMILES string of the molecule is Cc1ccc(-c2ccnc(-c3[c-]cccc3)c2)nc1.Cc1ccc(-c2ccnc(-c3[c-]cccc3)c2)nc1.Cc1cnc(-c2[c-]cccc2)cc1-c1ccccn1.[2H]C([2H])([2H])c1cnc(-c2[c-]cccc2)cc1-c1ccccn1.[2H]C([2H])([2H])c1cnc(-c2[c-]cccc2)cc1C.[2H]C([2H])([2H])c1cnc(-c2[c-]cccc2)cc1C.[2H]C([2H])([2H])c1cnc(-c2[c-]cccc2)cc1C.[2H]C([2H])([2H])c1cnc(-c2[c-]cccc2)cc1C.[Ir].[Ir].[Ir].[Ir]. The van der Waals surface area contributed by atoms with Crippen LogP contribution in [0, 0.1) is 131 Å². The van der Waals surface area contributed by atoms with Gasteiger partial charge >= 0.3 is 0 Å². The summed E-state index contributed by atoms with van der Waals surface area (Å²) in [6.07, 6.45) is 19.9. The van der Waals surface area contributed by atoms with E-state index in [1.165, 1.54) is 31.0 Å². The molecule has 16 heteroatoms. The van der Waals surface area contributed by atoms with Gasteiger partial charge in [-0.15, -0.1) is 287 Å². The van der Waals surface area contributed by atoms with Gasteiger partial charge in [0, 0.05) is 175 Å². The van der Waals surface area contributed by atoms with E-state index in [-0.39, 0.29) is 86.0 Å². The zero-order valence-electron chi connectivity index (χ0n) is 90.2. The topological polar surface area (TPSA) is 155 Å². The minimum absolute atomic E-state index is 0. The molecule has 0 unspecified atom stereocenters. The summed E-state index contributed by atoms with van der Waals surface area (Å²) >= 11 is 0. The van der Waals surface area contributed by atoms with E-state index >= 15 is 0 Å². The molecule has 0 saturated heterocycles. The van der Waals surface area contributed by atoms with E-state index in [0.29, 0.717) is 39.2 Å². The monoisotopic (exact) mass is 2500 g/mol. The quantitative estimate of drug-likeness (QED) is 0.107. The fourth-order valence-corrected chi connectivity index (χ4v) is 12.8. The first-order chi connectivity index (χ1) is 70.5. The second-order valence-corrected chi connectivity index (χ2v) is 30.0. The molecule has 0 aliphatic carbocycles. The summed E-state index contributed by atoms with van der Waals surface area (Å²) in [4.78, 5) is 51.9. The molecular formula is C120H100Ir4N12-8. The number of pyridine rings is 12. The van der Waals surface area contributed by atoms with Gasteiger partial charge in [-0.1, -0.05) is 95.1 Å². The molecule has 0 atom stereocenters. The molecular weight excluding hydrogens is 2380 g/mol. The van der Waals surface area contributed by atoms with Crippen LogP contribution in [0.5, 0.6) is 0 Å². The maximum absolute atomic E-state index is 7.70. The Hall–Kier alpha value is -13.8. The number of aryl methyl sites for hydroxylation is 12. The van der Waals surface area contributed by atoms with Crippen molar-refractivity contribution in [1.29, 1.82) is 0 Å². The van der Waals surface area contributed by atoms with Crippen LogP contribution in [0.3, 0.4) is 0 Å². The summed E-state index contributed by atoms with van der Waals surface area (Å²) in [6, 6.07) is 125. The summed E-state index contributed by atoms with van der Waals surface area (Å²) < 4.78 is 112. The van der Waals surface area contributed by atoms with Crippen LogP contribution >= 0.6 is 0 Å². The van der Waals surface area contributed by atoms with Gasteiger partial charge < -0.3 is 39.9 Å². The molecule has 20 rings (SSSR count). The van der Waals surface area contributed by atoms with Gasteiger partial charge in [0.1, 0.15) is 0 Å². The average molecular weight is 2490 g/mol. The van der Waals surface area contributed by atoms with Gasteiger partial charge in [0.25, 0.3) is 0 Å².